The molecule has 0 amide bonds. The zero-order chi connectivity index (χ0) is 12.9. The number of benzene rings is 1. The minimum absolute atomic E-state index is 0.0164. The van der Waals surface area contributed by atoms with E-state index in [9.17, 15) is 0 Å². The highest BCUT2D eigenvalue weighted by Gasteiger charge is 2.63. The second kappa shape index (κ2) is 3.95. The predicted molar refractivity (Wildman–Crippen MR) is 80.9 cm³/mol. The van der Waals surface area contributed by atoms with E-state index in [2.05, 4.69) is 81.5 Å². The molecule has 0 aliphatic carbocycles. The lowest BCUT2D eigenvalue weighted by Crippen LogP contribution is -2.20. The largest absolute Gasteiger partial charge is 0.357 e. The fourth-order valence-electron chi connectivity index (χ4n) is 2.32. The fourth-order valence-corrected chi connectivity index (χ4v) is 3.84. The monoisotopic (exact) mass is 344 g/mol. The van der Waals surface area contributed by atoms with Gasteiger partial charge in [-0.3, -0.25) is 0 Å². The molecule has 0 N–H and O–H groups in total. The van der Waals surface area contributed by atoms with Crippen LogP contribution < -0.4 is 0 Å². The van der Waals surface area contributed by atoms with E-state index in [4.69, 9.17) is 4.74 Å². The molecule has 0 radical (unpaired) electrons. The number of epoxide rings is 1. The lowest BCUT2D eigenvalue weighted by Gasteiger charge is -2.20. The zero-order valence-corrected chi connectivity index (χ0v) is 13.5. The minimum atomic E-state index is -0.0655. The number of hydrogen-bond donors (Lipinski definition) is 0. The van der Waals surface area contributed by atoms with Gasteiger partial charge in [0.05, 0.1) is 5.60 Å². The van der Waals surface area contributed by atoms with Gasteiger partial charge in [0.2, 0.25) is 0 Å². The molecule has 0 unspecified atom stereocenters. The van der Waals surface area contributed by atoms with Gasteiger partial charge in [0.1, 0.15) is 5.60 Å². The molecular formula is C15H21IO. The minimum Gasteiger partial charge on any atom is -0.357 e. The van der Waals surface area contributed by atoms with E-state index in [-0.39, 0.29) is 16.6 Å². The second-order valence-corrected chi connectivity index (χ2v) is 7.16. The normalized spacial score (nSPS) is 26.9. The summed E-state index contributed by atoms with van der Waals surface area (Å²) in [6.45, 7) is 11.1. The number of rotatable bonds is 2. The van der Waals surface area contributed by atoms with Crippen molar-refractivity contribution in [1.82, 2.24) is 0 Å². The molecular weight excluding hydrogens is 323 g/mol. The first kappa shape index (κ1) is 13.3. The van der Waals surface area contributed by atoms with Crippen LogP contribution in [-0.4, -0.2) is 10.0 Å². The van der Waals surface area contributed by atoms with Crippen LogP contribution in [0.15, 0.2) is 24.3 Å². The van der Waals surface area contributed by atoms with Gasteiger partial charge in [-0.2, -0.15) is 0 Å². The summed E-state index contributed by atoms with van der Waals surface area (Å²) in [4.78, 5) is 0. The van der Waals surface area contributed by atoms with Gasteiger partial charge >= 0.3 is 0 Å². The molecule has 0 aromatic heterocycles. The molecule has 17 heavy (non-hydrogen) atoms. The average Bonchev–Trinajstić information content (AvgIpc) is 2.81. The third kappa shape index (κ3) is 2.14. The van der Waals surface area contributed by atoms with Crippen molar-refractivity contribution >= 4 is 22.6 Å². The van der Waals surface area contributed by atoms with Crippen molar-refractivity contribution in [2.45, 2.75) is 51.2 Å². The van der Waals surface area contributed by atoms with Crippen molar-refractivity contribution in [3.63, 3.8) is 0 Å². The van der Waals surface area contributed by atoms with Crippen LogP contribution in [0.4, 0.5) is 0 Å². The van der Waals surface area contributed by atoms with Crippen molar-refractivity contribution in [3.8, 4) is 0 Å². The molecule has 1 nitrogen and oxygen atoms in total. The van der Waals surface area contributed by atoms with E-state index < -0.39 is 0 Å². The standard InChI is InChI=1S/C15H21IO/c1-13(2,3)11-6-8-12(9-7-11)15(10-16)14(4,5)17-15/h6-9H,10H2,1-5H3/t15-/m1/s1. The lowest BCUT2D eigenvalue weighted by atomic mass is 9.84. The van der Waals surface area contributed by atoms with E-state index in [1.54, 1.807) is 0 Å². The molecule has 1 saturated heterocycles. The molecule has 94 valence electrons. The summed E-state index contributed by atoms with van der Waals surface area (Å²) in [5.74, 6) is 0. The summed E-state index contributed by atoms with van der Waals surface area (Å²) < 4.78 is 6.95. The van der Waals surface area contributed by atoms with Crippen LogP contribution in [0.3, 0.4) is 0 Å². The molecule has 2 heteroatoms. The van der Waals surface area contributed by atoms with Crippen LogP contribution in [0.2, 0.25) is 0 Å². The van der Waals surface area contributed by atoms with Crippen LogP contribution in [0, 0.1) is 0 Å². The first-order valence-electron chi connectivity index (χ1n) is 6.10. The first-order chi connectivity index (χ1) is 7.73. The summed E-state index contributed by atoms with van der Waals surface area (Å²) >= 11 is 2.42. The number of halogens is 1. The van der Waals surface area contributed by atoms with Gasteiger partial charge in [0.15, 0.2) is 0 Å². The van der Waals surface area contributed by atoms with Crippen molar-refractivity contribution in [2.75, 3.05) is 4.43 Å². The first-order valence-corrected chi connectivity index (χ1v) is 7.63. The van der Waals surface area contributed by atoms with E-state index in [0.29, 0.717) is 0 Å². The molecule has 1 aliphatic rings. The van der Waals surface area contributed by atoms with Gasteiger partial charge in [0, 0.05) is 4.43 Å². The Bertz CT molecular complexity index is 414. The van der Waals surface area contributed by atoms with E-state index in [1.807, 2.05) is 0 Å². The highest BCUT2D eigenvalue weighted by molar-refractivity contribution is 14.1. The third-order valence-corrected chi connectivity index (χ3v) is 4.84. The van der Waals surface area contributed by atoms with Gasteiger partial charge in [-0.25, -0.2) is 0 Å². The Balaban J connectivity index is 2.31. The van der Waals surface area contributed by atoms with E-state index in [1.165, 1.54) is 11.1 Å². The van der Waals surface area contributed by atoms with Crippen LogP contribution in [-0.2, 0) is 15.8 Å². The van der Waals surface area contributed by atoms with E-state index >= 15 is 0 Å². The summed E-state index contributed by atoms with van der Waals surface area (Å²) in [6.07, 6.45) is 0. The average molecular weight is 344 g/mol. The van der Waals surface area contributed by atoms with E-state index in [0.717, 1.165) is 4.43 Å². The highest BCUT2D eigenvalue weighted by atomic mass is 127. The Kier molecular flexibility index (Phi) is 3.10. The lowest BCUT2D eigenvalue weighted by molar-refractivity contribution is 0.292. The van der Waals surface area contributed by atoms with Gasteiger partial charge < -0.3 is 4.74 Å². The quantitative estimate of drug-likeness (QED) is 0.439. The van der Waals surface area contributed by atoms with Crippen molar-refractivity contribution in [3.05, 3.63) is 35.4 Å². The van der Waals surface area contributed by atoms with Crippen molar-refractivity contribution in [1.29, 1.82) is 0 Å². The zero-order valence-electron chi connectivity index (χ0n) is 11.3. The summed E-state index contributed by atoms with van der Waals surface area (Å²) in [5, 5.41) is 0. The predicted octanol–water partition coefficient (Wildman–Crippen LogP) is 4.42. The SMILES string of the molecule is CC(C)(C)c1ccc([C@@]2(CI)OC2(C)C)cc1. The summed E-state index contributed by atoms with van der Waals surface area (Å²) in [6, 6.07) is 8.93. The smallest absolute Gasteiger partial charge is 0.131 e. The molecule has 0 spiro atoms. The second-order valence-electron chi connectivity index (χ2n) is 6.40. The molecule has 1 aromatic rings. The molecule has 1 fully saturated rings. The molecule has 2 rings (SSSR count). The molecule has 0 saturated carbocycles. The maximum atomic E-state index is 5.95. The maximum absolute atomic E-state index is 5.95. The molecule has 1 atom stereocenters. The fraction of sp³-hybridized carbons (Fsp3) is 0.600. The van der Waals surface area contributed by atoms with Crippen LogP contribution in [0.25, 0.3) is 0 Å². The van der Waals surface area contributed by atoms with Gasteiger partial charge in [0.25, 0.3) is 0 Å². The van der Waals surface area contributed by atoms with Crippen LogP contribution in [0.5, 0.6) is 0 Å². The Morgan fingerprint density at radius 3 is 1.88 bits per heavy atom. The van der Waals surface area contributed by atoms with Gasteiger partial charge in [-0.1, -0.05) is 67.6 Å². The van der Waals surface area contributed by atoms with Gasteiger partial charge in [-0.15, -0.1) is 0 Å². The summed E-state index contributed by atoms with van der Waals surface area (Å²) in [7, 11) is 0. The van der Waals surface area contributed by atoms with Crippen LogP contribution >= 0.6 is 22.6 Å². The third-order valence-electron chi connectivity index (χ3n) is 3.77. The Morgan fingerprint density at radius 2 is 1.59 bits per heavy atom. The number of ether oxygens (including phenoxy) is 1. The van der Waals surface area contributed by atoms with Crippen molar-refractivity contribution < 1.29 is 4.74 Å². The maximum Gasteiger partial charge on any atom is 0.131 e. The van der Waals surface area contributed by atoms with Gasteiger partial charge in [-0.05, 0) is 30.4 Å². The molecule has 1 aliphatic heterocycles. The Hall–Kier alpha value is -0.0900. The molecule has 1 aromatic carbocycles. The number of alkyl halides is 1. The van der Waals surface area contributed by atoms with Crippen LogP contribution in [0.1, 0.15) is 45.7 Å². The molecule has 1 heterocycles. The Labute approximate surface area is 118 Å². The highest BCUT2D eigenvalue weighted by Crippen LogP contribution is 2.56. The number of hydrogen-bond acceptors (Lipinski definition) is 1. The molecule has 0 bridgehead atoms. The summed E-state index contributed by atoms with van der Waals surface area (Å²) in [5.41, 5.74) is 2.82. The topological polar surface area (TPSA) is 12.5 Å². The Morgan fingerprint density at radius 1 is 1.12 bits per heavy atom. The van der Waals surface area contributed by atoms with Crippen molar-refractivity contribution in [2.24, 2.45) is 0 Å².